The monoisotopic (exact) mass is 358 g/mol. The van der Waals surface area contributed by atoms with E-state index in [-0.39, 0.29) is 10.7 Å². The normalized spacial score (nSPS) is 10.5. The molecule has 1 aromatic heterocycles. The van der Waals surface area contributed by atoms with Crippen molar-refractivity contribution in [3.05, 3.63) is 50.7 Å². The van der Waals surface area contributed by atoms with Gasteiger partial charge in [-0.1, -0.05) is 17.7 Å². The summed E-state index contributed by atoms with van der Waals surface area (Å²) in [5, 5.41) is 0.919. The number of amides is 3. The Labute approximate surface area is 140 Å². The predicted molar refractivity (Wildman–Crippen MR) is 86.3 cm³/mol. The Hall–Kier alpha value is -1.99. The number of carbonyl (C=O) groups is 2. The fraction of sp³-hybridized carbons (Fsp3) is 0.200. The van der Waals surface area contributed by atoms with Crippen LogP contribution < -0.4 is 4.90 Å². The number of urea groups is 1. The Balaban J connectivity index is 2.31. The number of aryl methyl sites for hydroxylation is 1. The molecule has 0 aliphatic heterocycles. The number of imide groups is 1. The molecular formula is C15H13ClF2N2O2S. The van der Waals surface area contributed by atoms with Crippen molar-refractivity contribution in [3.8, 4) is 0 Å². The van der Waals surface area contributed by atoms with E-state index >= 15 is 0 Å². The largest absolute Gasteiger partial charge is 0.331 e. The number of hydrogen-bond donors (Lipinski definition) is 0. The minimum atomic E-state index is -0.904. The molecule has 122 valence electrons. The summed E-state index contributed by atoms with van der Waals surface area (Å²) in [4.78, 5) is 26.4. The first kappa shape index (κ1) is 17.4. The Morgan fingerprint density at radius 3 is 2.39 bits per heavy atom. The van der Waals surface area contributed by atoms with E-state index in [0.717, 1.165) is 22.3 Å². The smallest absolute Gasteiger partial charge is 0.293 e. The zero-order chi connectivity index (χ0) is 17.3. The maximum atomic E-state index is 13.8. The Morgan fingerprint density at radius 2 is 1.87 bits per heavy atom. The lowest BCUT2D eigenvalue weighted by atomic mass is 10.2. The van der Waals surface area contributed by atoms with E-state index in [0.29, 0.717) is 10.5 Å². The van der Waals surface area contributed by atoms with Crippen molar-refractivity contribution in [2.24, 2.45) is 0 Å². The highest BCUT2D eigenvalue weighted by Gasteiger charge is 2.28. The van der Waals surface area contributed by atoms with Gasteiger partial charge >= 0.3 is 6.03 Å². The molecule has 0 spiro atoms. The second kappa shape index (κ2) is 6.64. The number of carbonyl (C=O) groups excluding carboxylic acids is 2. The van der Waals surface area contributed by atoms with E-state index in [2.05, 4.69) is 0 Å². The molecule has 23 heavy (non-hydrogen) atoms. The third-order valence-electron chi connectivity index (χ3n) is 3.29. The third kappa shape index (κ3) is 3.20. The van der Waals surface area contributed by atoms with Gasteiger partial charge in [0.2, 0.25) is 5.13 Å². The number of nitrogens with zero attached hydrogens (tertiary/aromatic N) is 2. The van der Waals surface area contributed by atoms with Gasteiger partial charge in [-0.15, -0.1) is 11.3 Å². The summed E-state index contributed by atoms with van der Waals surface area (Å²) in [6, 6.07) is 2.98. The van der Waals surface area contributed by atoms with Crippen LogP contribution in [0.25, 0.3) is 0 Å². The second-order valence-corrected chi connectivity index (χ2v) is 6.08. The molecule has 8 heteroatoms. The Bertz CT molecular complexity index is 739. The SMILES string of the molecule is Cc1csc(F)c1N(C)C(=O)N(C)C(=O)c1c(F)cccc1Cl. The standard InChI is InChI=1S/C15H13ClF2N2O2S/c1-8-7-23-13(18)12(8)19(2)15(22)20(3)14(21)11-9(16)5-4-6-10(11)17/h4-7H,1-3H3. The average molecular weight is 359 g/mol. The van der Waals surface area contributed by atoms with E-state index in [1.807, 2.05) is 0 Å². The van der Waals surface area contributed by atoms with Crippen molar-refractivity contribution in [2.45, 2.75) is 6.92 Å². The molecule has 0 atom stereocenters. The Morgan fingerprint density at radius 1 is 1.22 bits per heavy atom. The van der Waals surface area contributed by atoms with Crippen molar-refractivity contribution < 1.29 is 18.4 Å². The van der Waals surface area contributed by atoms with Crippen LogP contribution in [0.1, 0.15) is 15.9 Å². The lowest BCUT2D eigenvalue weighted by Gasteiger charge is -2.24. The molecule has 0 bridgehead atoms. The number of rotatable bonds is 2. The molecule has 0 aliphatic carbocycles. The highest BCUT2D eigenvalue weighted by atomic mass is 35.5. The van der Waals surface area contributed by atoms with Gasteiger partial charge < -0.3 is 0 Å². The molecule has 0 saturated heterocycles. The van der Waals surface area contributed by atoms with Gasteiger partial charge in [0.15, 0.2) is 0 Å². The molecule has 2 aromatic rings. The quantitative estimate of drug-likeness (QED) is 0.802. The topological polar surface area (TPSA) is 40.6 Å². The molecule has 1 aromatic carbocycles. The number of hydrogen-bond acceptors (Lipinski definition) is 3. The lowest BCUT2D eigenvalue weighted by Crippen LogP contribution is -2.43. The van der Waals surface area contributed by atoms with Crippen LogP contribution >= 0.6 is 22.9 Å². The summed E-state index contributed by atoms with van der Waals surface area (Å²) in [5.74, 6) is -1.74. The van der Waals surface area contributed by atoms with Crippen molar-refractivity contribution >= 4 is 40.6 Å². The van der Waals surface area contributed by atoms with Crippen LogP contribution in [0.2, 0.25) is 5.02 Å². The van der Waals surface area contributed by atoms with Crippen LogP contribution in [-0.4, -0.2) is 30.9 Å². The van der Waals surface area contributed by atoms with E-state index < -0.39 is 28.4 Å². The zero-order valence-electron chi connectivity index (χ0n) is 12.6. The van der Waals surface area contributed by atoms with Crippen molar-refractivity contribution in [1.82, 2.24) is 4.90 Å². The van der Waals surface area contributed by atoms with E-state index in [1.54, 1.807) is 12.3 Å². The molecule has 0 unspecified atom stereocenters. The van der Waals surface area contributed by atoms with E-state index in [9.17, 15) is 18.4 Å². The number of halogens is 3. The summed E-state index contributed by atoms with van der Waals surface area (Å²) in [7, 11) is 2.52. The van der Waals surface area contributed by atoms with Gasteiger partial charge in [0.1, 0.15) is 5.82 Å². The zero-order valence-corrected chi connectivity index (χ0v) is 14.1. The van der Waals surface area contributed by atoms with E-state index in [4.69, 9.17) is 11.6 Å². The lowest BCUT2D eigenvalue weighted by molar-refractivity contribution is 0.0832. The summed E-state index contributed by atoms with van der Waals surface area (Å²) >= 11 is 6.69. The molecule has 4 nitrogen and oxygen atoms in total. The van der Waals surface area contributed by atoms with Crippen LogP contribution in [-0.2, 0) is 0 Å². The summed E-state index contributed by atoms with van der Waals surface area (Å²) in [6.07, 6.45) is 0. The summed E-state index contributed by atoms with van der Waals surface area (Å²) in [6.45, 7) is 1.65. The molecule has 0 fully saturated rings. The molecule has 0 radical (unpaired) electrons. The second-order valence-electron chi connectivity index (χ2n) is 4.84. The van der Waals surface area contributed by atoms with Crippen LogP contribution in [0.4, 0.5) is 19.3 Å². The highest BCUT2D eigenvalue weighted by Crippen LogP contribution is 2.29. The highest BCUT2D eigenvalue weighted by molar-refractivity contribution is 7.08. The molecule has 0 N–H and O–H groups in total. The van der Waals surface area contributed by atoms with Gasteiger partial charge in [0.25, 0.3) is 5.91 Å². The number of thiophene rings is 1. The molecule has 3 amide bonds. The van der Waals surface area contributed by atoms with Crippen LogP contribution in [0.5, 0.6) is 0 Å². The van der Waals surface area contributed by atoms with E-state index in [1.165, 1.54) is 26.2 Å². The van der Waals surface area contributed by atoms with Crippen LogP contribution in [0.3, 0.4) is 0 Å². The molecule has 2 rings (SSSR count). The van der Waals surface area contributed by atoms with Gasteiger partial charge in [0.05, 0.1) is 16.3 Å². The average Bonchev–Trinajstić information content (AvgIpc) is 2.83. The van der Waals surface area contributed by atoms with Gasteiger partial charge in [-0.05, 0) is 30.0 Å². The number of anilines is 1. The van der Waals surface area contributed by atoms with Gasteiger partial charge in [0, 0.05) is 14.1 Å². The molecule has 1 heterocycles. The fourth-order valence-corrected chi connectivity index (χ4v) is 3.13. The first-order valence-electron chi connectivity index (χ1n) is 6.49. The van der Waals surface area contributed by atoms with Gasteiger partial charge in [-0.25, -0.2) is 9.18 Å². The Kier molecular flexibility index (Phi) is 5.01. The van der Waals surface area contributed by atoms with Crippen molar-refractivity contribution in [3.63, 3.8) is 0 Å². The fourth-order valence-electron chi connectivity index (χ4n) is 2.08. The maximum Gasteiger partial charge on any atom is 0.331 e. The van der Waals surface area contributed by atoms with Crippen molar-refractivity contribution in [2.75, 3.05) is 19.0 Å². The first-order valence-corrected chi connectivity index (χ1v) is 7.74. The number of benzene rings is 1. The molecular weight excluding hydrogens is 346 g/mol. The first-order chi connectivity index (χ1) is 10.8. The van der Waals surface area contributed by atoms with Crippen molar-refractivity contribution in [1.29, 1.82) is 0 Å². The van der Waals surface area contributed by atoms with Gasteiger partial charge in [-0.3, -0.25) is 14.6 Å². The molecule has 0 saturated carbocycles. The minimum Gasteiger partial charge on any atom is -0.293 e. The third-order valence-corrected chi connectivity index (χ3v) is 4.48. The summed E-state index contributed by atoms with van der Waals surface area (Å²) < 4.78 is 27.6. The van der Waals surface area contributed by atoms with Crippen LogP contribution in [0.15, 0.2) is 23.6 Å². The summed E-state index contributed by atoms with van der Waals surface area (Å²) in [5.41, 5.74) is 0.244. The molecule has 0 aliphatic rings. The van der Waals surface area contributed by atoms with Gasteiger partial charge in [-0.2, -0.15) is 4.39 Å². The minimum absolute atomic E-state index is 0.0827. The predicted octanol–water partition coefficient (Wildman–Crippen LogP) is 4.32. The van der Waals surface area contributed by atoms with Crippen LogP contribution in [0, 0.1) is 17.9 Å². The maximum absolute atomic E-state index is 13.8.